The Morgan fingerprint density at radius 3 is 2.71 bits per heavy atom. The minimum atomic E-state index is 0.338. The maximum Gasteiger partial charge on any atom is 0.105 e. The van der Waals surface area contributed by atoms with E-state index in [2.05, 4.69) is 19.2 Å². The van der Waals surface area contributed by atoms with E-state index in [4.69, 9.17) is 29.6 Å². The van der Waals surface area contributed by atoms with Crippen LogP contribution in [-0.2, 0) is 0 Å². The Kier molecular flexibility index (Phi) is 3.32. The van der Waals surface area contributed by atoms with Crippen LogP contribution in [-0.4, -0.2) is 11.5 Å². The SMILES string of the molecule is CC1(C)CC1CNc1ccc(C(N)=S)c(Cl)c1. The number of benzene rings is 1. The van der Waals surface area contributed by atoms with Crippen molar-refractivity contribution in [1.29, 1.82) is 0 Å². The lowest BCUT2D eigenvalue weighted by molar-refractivity contribution is 0.573. The Bertz CT molecular complexity index is 457. The highest BCUT2D eigenvalue weighted by molar-refractivity contribution is 7.80. The second-order valence-electron chi connectivity index (χ2n) is 5.33. The van der Waals surface area contributed by atoms with Crippen molar-refractivity contribution in [3.05, 3.63) is 28.8 Å². The monoisotopic (exact) mass is 268 g/mol. The van der Waals surface area contributed by atoms with Crippen molar-refractivity contribution in [2.24, 2.45) is 17.1 Å². The smallest absolute Gasteiger partial charge is 0.105 e. The normalized spacial score (nSPS) is 21.0. The molecule has 0 saturated heterocycles. The zero-order valence-electron chi connectivity index (χ0n) is 10.1. The number of nitrogens with two attached hydrogens (primary N) is 1. The highest BCUT2D eigenvalue weighted by Gasteiger charge is 2.44. The molecule has 1 unspecified atom stereocenters. The summed E-state index contributed by atoms with van der Waals surface area (Å²) in [4.78, 5) is 0.338. The summed E-state index contributed by atoms with van der Waals surface area (Å²) >= 11 is 11.0. The predicted molar refractivity (Wildman–Crippen MR) is 77.7 cm³/mol. The number of anilines is 1. The van der Waals surface area contributed by atoms with Crippen LogP contribution in [0.2, 0.25) is 5.02 Å². The molecule has 0 spiro atoms. The minimum absolute atomic E-state index is 0.338. The topological polar surface area (TPSA) is 38.0 Å². The molecule has 1 fully saturated rings. The molecule has 1 saturated carbocycles. The van der Waals surface area contributed by atoms with Gasteiger partial charge >= 0.3 is 0 Å². The summed E-state index contributed by atoms with van der Waals surface area (Å²) < 4.78 is 0. The number of halogens is 1. The largest absolute Gasteiger partial charge is 0.389 e. The van der Waals surface area contributed by atoms with E-state index < -0.39 is 0 Å². The Morgan fingerprint density at radius 2 is 2.24 bits per heavy atom. The van der Waals surface area contributed by atoms with E-state index in [1.54, 1.807) is 0 Å². The summed E-state index contributed by atoms with van der Waals surface area (Å²) in [6.45, 7) is 5.58. The number of hydrogen-bond donors (Lipinski definition) is 2. The first kappa shape index (κ1) is 12.7. The van der Waals surface area contributed by atoms with Crippen LogP contribution >= 0.6 is 23.8 Å². The lowest BCUT2D eigenvalue weighted by Crippen LogP contribution is -2.11. The van der Waals surface area contributed by atoms with Crippen LogP contribution in [0.15, 0.2) is 18.2 Å². The van der Waals surface area contributed by atoms with Gasteiger partial charge in [-0.1, -0.05) is 37.7 Å². The van der Waals surface area contributed by atoms with E-state index in [9.17, 15) is 0 Å². The quantitative estimate of drug-likeness (QED) is 0.822. The molecule has 0 bridgehead atoms. The highest BCUT2D eigenvalue weighted by atomic mass is 35.5. The second kappa shape index (κ2) is 4.46. The van der Waals surface area contributed by atoms with Crippen LogP contribution in [0.3, 0.4) is 0 Å². The van der Waals surface area contributed by atoms with Gasteiger partial charge in [-0.15, -0.1) is 0 Å². The lowest BCUT2D eigenvalue weighted by Gasteiger charge is -2.09. The third-order valence-corrected chi connectivity index (χ3v) is 4.04. The standard InChI is InChI=1S/C13H17ClN2S/c1-13(2)6-8(13)7-16-9-3-4-10(12(15)17)11(14)5-9/h3-5,8,16H,6-7H2,1-2H3,(H2,15,17). The molecule has 0 amide bonds. The molecule has 3 N–H and O–H groups in total. The van der Waals surface area contributed by atoms with E-state index in [1.807, 2.05) is 18.2 Å². The van der Waals surface area contributed by atoms with Crippen LogP contribution in [0.1, 0.15) is 25.8 Å². The van der Waals surface area contributed by atoms with E-state index >= 15 is 0 Å². The molecule has 4 heteroatoms. The summed E-state index contributed by atoms with van der Waals surface area (Å²) in [6, 6.07) is 5.71. The molecule has 1 aliphatic carbocycles. The van der Waals surface area contributed by atoms with E-state index in [0.717, 1.165) is 23.7 Å². The minimum Gasteiger partial charge on any atom is -0.389 e. The summed E-state index contributed by atoms with van der Waals surface area (Å²) in [5.41, 5.74) is 7.82. The maximum atomic E-state index is 6.10. The molecule has 92 valence electrons. The Hall–Kier alpha value is -0.800. The molecule has 0 radical (unpaired) electrons. The predicted octanol–water partition coefficient (Wildman–Crippen LogP) is 3.43. The van der Waals surface area contributed by atoms with Gasteiger partial charge in [0.05, 0.1) is 5.02 Å². The van der Waals surface area contributed by atoms with Gasteiger partial charge in [-0.25, -0.2) is 0 Å². The molecule has 1 atom stereocenters. The second-order valence-corrected chi connectivity index (χ2v) is 6.18. The molecule has 0 aliphatic heterocycles. The van der Waals surface area contributed by atoms with Gasteiger partial charge in [0.2, 0.25) is 0 Å². The van der Waals surface area contributed by atoms with E-state index in [1.165, 1.54) is 6.42 Å². The van der Waals surface area contributed by atoms with Crippen molar-refractivity contribution in [3.63, 3.8) is 0 Å². The molecule has 1 aliphatic rings. The molecule has 2 rings (SSSR count). The lowest BCUT2D eigenvalue weighted by atomic mass is 10.1. The maximum absolute atomic E-state index is 6.10. The molecule has 1 aromatic carbocycles. The van der Waals surface area contributed by atoms with Gasteiger partial charge in [0.15, 0.2) is 0 Å². The van der Waals surface area contributed by atoms with Crippen molar-refractivity contribution < 1.29 is 0 Å². The van der Waals surface area contributed by atoms with Crippen LogP contribution in [0.4, 0.5) is 5.69 Å². The van der Waals surface area contributed by atoms with Crippen LogP contribution in [0, 0.1) is 11.3 Å². The van der Waals surface area contributed by atoms with Crippen LogP contribution in [0.25, 0.3) is 0 Å². The van der Waals surface area contributed by atoms with Crippen molar-refractivity contribution in [2.45, 2.75) is 20.3 Å². The fourth-order valence-corrected chi connectivity index (χ4v) is 2.51. The summed E-state index contributed by atoms with van der Waals surface area (Å²) in [6.07, 6.45) is 1.29. The summed E-state index contributed by atoms with van der Waals surface area (Å²) in [5, 5.41) is 4.01. The summed E-state index contributed by atoms with van der Waals surface area (Å²) in [7, 11) is 0. The first-order valence-corrected chi connectivity index (χ1v) is 6.52. The van der Waals surface area contributed by atoms with Gasteiger partial charge < -0.3 is 11.1 Å². The average molecular weight is 269 g/mol. The van der Waals surface area contributed by atoms with Gasteiger partial charge in [-0.05, 0) is 36.0 Å². The van der Waals surface area contributed by atoms with Gasteiger partial charge in [-0.3, -0.25) is 0 Å². The Morgan fingerprint density at radius 1 is 1.59 bits per heavy atom. The fourth-order valence-electron chi connectivity index (χ4n) is 1.99. The van der Waals surface area contributed by atoms with Crippen molar-refractivity contribution in [2.75, 3.05) is 11.9 Å². The van der Waals surface area contributed by atoms with Crippen LogP contribution in [0.5, 0.6) is 0 Å². The third kappa shape index (κ3) is 2.90. The van der Waals surface area contributed by atoms with Gasteiger partial charge in [0, 0.05) is 17.8 Å². The fraction of sp³-hybridized carbons (Fsp3) is 0.462. The number of thiocarbonyl (C=S) groups is 1. The van der Waals surface area contributed by atoms with Gasteiger partial charge in [-0.2, -0.15) is 0 Å². The Labute approximate surface area is 113 Å². The number of rotatable bonds is 4. The van der Waals surface area contributed by atoms with Crippen molar-refractivity contribution >= 4 is 34.5 Å². The molecule has 1 aromatic rings. The molecule has 2 nitrogen and oxygen atoms in total. The number of nitrogens with one attached hydrogen (secondary N) is 1. The average Bonchev–Trinajstić information content (AvgIpc) is 2.83. The third-order valence-electron chi connectivity index (χ3n) is 3.50. The zero-order chi connectivity index (χ0) is 12.6. The molecular weight excluding hydrogens is 252 g/mol. The van der Waals surface area contributed by atoms with E-state index in [-0.39, 0.29) is 0 Å². The zero-order valence-corrected chi connectivity index (χ0v) is 11.7. The first-order valence-electron chi connectivity index (χ1n) is 5.73. The number of hydrogen-bond acceptors (Lipinski definition) is 2. The van der Waals surface area contributed by atoms with Gasteiger partial charge in [0.1, 0.15) is 4.99 Å². The molecule has 0 aromatic heterocycles. The van der Waals surface area contributed by atoms with Crippen LogP contribution < -0.4 is 11.1 Å². The Balaban J connectivity index is 1.98. The van der Waals surface area contributed by atoms with Crippen molar-refractivity contribution in [1.82, 2.24) is 0 Å². The van der Waals surface area contributed by atoms with Crippen molar-refractivity contribution in [3.8, 4) is 0 Å². The highest BCUT2D eigenvalue weighted by Crippen LogP contribution is 2.51. The molecule has 0 heterocycles. The van der Waals surface area contributed by atoms with E-state index in [0.29, 0.717) is 15.4 Å². The summed E-state index contributed by atoms with van der Waals surface area (Å²) in [5.74, 6) is 0.761. The van der Waals surface area contributed by atoms with Gasteiger partial charge in [0.25, 0.3) is 0 Å². The molecule has 17 heavy (non-hydrogen) atoms. The first-order chi connectivity index (χ1) is 7.90. The molecular formula is C13H17ClN2S.